The number of hydrogen-bond donors (Lipinski definition) is 2. The van der Waals surface area contributed by atoms with E-state index < -0.39 is 9.84 Å². The van der Waals surface area contributed by atoms with Gasteiger partial charge in [-0.1, -0.05) is 24.3 Å². The molecule has 0 unspecified atom stereocenters. The fourth-order valence-electron chi connectivity index (χ4n) is 4.78. The average molecular weight is 568 g/mol. The van der Waals surface area contributed by atoms with Crippen LogP contribution in [0.2, 0.25) is 0 Å². The van der Waals surface area contributed by atoms with Crippen molar-refractivity contribution in [3.8, 4) is 17.1 Å². The van der Waals surface area contributed by atoms with Gasteiger partial charge in [-0.2, -0.15) is 5.10 Å². The number of amides is 1. The molecule has 1 aliphatic rings. The molecular formula is C30H29N7O3S. The Labute approximate surface area is 238 Å². The Bertz CT molecular complexity index is 1730. The molecule has 11 heteroatoms. The highest BCUT2D eigenvalue weighted by Gasteiger charge is 2.21. The third-order valence-electron chi connectivity index (χ3n) is 7.08. The molecule has 0 saturated carbocycles. The van der Waals surface area contributed by atoms with Crippen LogP contribution >= 0.6 is 0 Å². The van der Waals surface area contributed by atoms with Gasteiger partial charge in [0.25, 0.3) is 5.91 Å². The quantitative estimate of drug-likeness (QED) is 0.293. The van der Waals surface area contributed by atoms with Gasteiger partial charge in [-0.25, -0.2) is 18.4 Å². The topological polar surface area (TPSA) is 126 Å². The molecule has 208 valence electrons. The van der Waals surface area contributed by atoms with Crippen molar-refractivity contribution in [2.24, 2.45) is 0 Å². The Morgan fingerprint density at radius 2 is 1.73 bits per heavy atom. The maximum absolute atomic E-state index is 12.9. The molecule has 41 heavy (non-hydrogen) atoms. The molecular weight excluding hydrogens is 538 g/mol. The molecule has 3 heterocycles. The minimum atomic E-state index is -2.92. The highest BCUT2D eigenvalue weighted by atomic mass is 32.2. The van der Waals surface area contributed by atoms with Crippen LogP contribution in [0.4, 0.5) is 5.69 Å². The summed E-state index contributed by atoms with van der Waals surface area (Å²) < 4.78 is 25.3. The molecule has 0 spiro atoms. The zero-order valence-electron chi connectivity index (χ0n) is 22.3. The van der Waals surface area contributed by atoms with Crippen LogP contribution in [-0.4, -0.2) is 68.6 Å². The van der Waals surface area contributed by atoms with Gasteiger partial charge < -0.3 is 9.88 Å². The highest BCUT2D eigenvalue weighted by molar-refractivity contribution is 7.91. The van der Waals surface area contributed by atoms with E-state index in [2.05, 4.69) is 42.5 Å². The molecule has 0 radical (unpaired) electrons. The van der Waals surface area contributed by atoms with E-state index in [1.54, 1.807) is 18.6 Å². The first-order chi connectivity index (χ1) is 19.9. The van der Waals surface area contributed by atoms with Gasteiger partial charge in [-0.15, -0.1) is 0 Å². The molecule has 1 saturated heterocycles. The number of hydrogen-bond acceptors (Lipinski definition) is 7. The second-order valence-corrected chi connectivity index (χ2v) is 12.4. The van der Waals surface area contributed by atoms with Gasteiger partial charge in [-0.05, 0) is 59.7 Å². The summed E-state index contributed by atoms with van der Waals surface area (Å²) in [5.41, 5.74) is 5.18. The number of benzene rings is 3. The van der Waals surface area contributed by atoms with Gasteiger partial charge in [0.1, 0.15) is 5.82 Å². The summed E-state index contributed by atoms with van der Waals surface area (Å²) in [5, 5.41) is 10.3. The summed E-state index contributed by atoms with van der Waals surface area (Å²) in [6, 6.07) is 23.1. The number of sulfone groups is 1. The molecule has 0 aliphatic carbocycles. The first kappa shape index (κ1) is 26.6. The summed E-state index contributed by atoms with van der Waals surface area (Å²) in [4.78, 5) is 23.8. The minimum Gasteiger partial charge on any atom is -0.322 e. The maximum atomic E-state index is 12.9. The lowest BCUT2D eigenvalue weighted by Gasteiger charge is -2.26. The first-order valence-corrected chi connectivity index (χ1v) is 15.1. The van der Waals surface area contributed by atoms with Crippen LogP contribution in [0.5, 0.6) is 0 Å². The zero-order chi connectivity index (χ0) is 28.2. The third kappa shape index (κ3) is 6.59. The third-order valence-corrected chi connectivity index (χ3v) is 8.68. The van der Waals surface area contributed by atoms with Crippen LogP contribution in [0, 0.1) is 0 Å². The second kappa shape index (κ2) is 11.5. The van der Waals surface area contributed by atoms with Crippen molar-refractivity contribution in [2.45, 2.75) is 13.0 Å². The summed E-state index contributed by atoms with van der Waals surface area (Å²) in [7, 11) is -2.92. The van der Waals surface area contributed by atoms with Crippen LogP contribution in [0.25, 0.3) is 17.1 Å². The standard InChI is InChI=1S/C30H29N7O3S/c38-30(25-3-1-2-23(18-25)20-36-14-16-41(39,40)17-15-36)32-26-8-6-24(7-9-26)29-33-28(34-35-29)19-22-4-10-27(11-5-22)37-13-12-31-21-37/h1-13,18,21H,14-17,19-20H2,(H,32,38)(H,33,34,35). The number of H-pyrrole nitrogens is 1. The van der Waals surface area contributed by atoms with E-state index in [0.29, 0.717) is 43.1 Å². The Kier molecular flexibility index (Phi) is 7.45. The first-order valence-electron chi connectivity index (χ1n) is 13.3. The van der Waals surface area contributed by atoms with Gasteiger partial charge in [0.15, 0.2) is 15.7 Å². The Morgan fingerprint density at radius 3 is 2.46 bits per heavy atom. The van der Waals surface area contributed by atoms with E-state index in [0.717, 1.165) is 28.2 Å². The van der Waals surface area contributed by atoms with Crippen LogP contribution in [0.1, 0.15) is 27.3 Å². The van der Waals surface area contributed by atoms with Crippen LogP contribution in [0.15, 0.2) is 91.5 Å². The summed E-state index contributed by atoms with van der Waals surface area (Å²) >= 11 is 0. The van der Waals surface area contributed by atoms with E-state index in [1.165, 1.54) is 0 Å². The van der Waals surface area contributed by atoms with E-state index in [1.807, 2.05) is 65.4 Å². The summed E-state index contributed by atoms with van der Waals surface area (Å²) in [6.45, 7) is 1.63. The Balaban J connectivity index is 1.05. The SMILES string of the molecule is O=C(Nc1ccc(-c2n[nH]c(Cc3ccc(-n4ccnc4)cc3)n2)cc1)c1cccc(CN2CCS(=O)(=O)CC2)c1. The van der Waals surface area contributed by atoms with Gasteiger partial charge >= 0.3 is 0 Å². The van der Waals surface area contributed by atoms with Crippen molar-refractivity contribution in [1.82, 2.24) is 29.6 Å². The largest absolute Gasteiger partial charge is 0.322 e. The van der Waals surface area contributed by atoms with Gasteiger partial charge in [-0.3, -0.25) is 14.8 Å². The number of aromatic nitrogens is 5. The molecule has 2 N–H and O–H groups in total. The second-order valence-electron chi connectivity index (χ2n) is 10.1. The molecule has 1 amide bonds. The average Bonchev–Trinajstić information content (AvgIpc) is 3.68. The van der Waals surface area contributed by atoms with Gasteiger partial charge in [0.05, 0.1) is 17.8 Å². The lowest BCUT2D eigenvalue weighted by atomic mass is 10.1. The van der Waals surface area contributed by atoms with Crippen molar-refractivity contribution < 1.29 is 13.2 Å². The van der Waals surface area contributed by atoms with Gasteiger partial charge in [0.2, 0.25) is 0 Å². The van der Waals surface area contributed by atoms with Crippen molar-refractivity contribution in [2.75, 3.05) is 29.9 Å². The zero-order valence-corrected chi connectivity index (χ0v) is 23.1. The van der Waals surface area contributed by atoms with Crippen molar-refractivity contribution >= 4 is 21.4 Å². The molecule has 0 atom stereocenters. The lowest BCUT2D eigenvalue weighted by Crippen LogP contribution is -2.39. The number of anilines is 1. The van der Waals surface area contributed by atoms with E-state index in [4.69, 9.17) is 0 Å². The monoisotopic (exact) mass is 567 g/mol. The number of carbonyl (C=O) groups excluding carboxylic acids is 1. The number of carbonyl (C=O) groups is 1. The maximum Gasteiger partial charge on any atom is 0.255 e. The predicted octanol–water partition coefficient (Wildman–Crippen LogP) is 3.73. The molecule has 1 fully saturated rings. The van der Waals surface area contributed by atoms with Gasteiger partial charge in [0, 0.05) is 61.0 Å². The Hall–Kier alpha value is -4.61. The molecule has 5 aromatic rings. The minimum absolute atomic E-state index is 0.180. The number of nitrogens with zero attached hydrogens (tertiary/aromatic N) is 5. The summed E-state index contributed by atoms with van der Waals surface area (Å²) in [6.07, 6.45) is 6.05. The van der Waals surface area contributed by atoms with Crippen LogP contribution in [-0.2, 0) is 22.8 Å². The van der Waals surface area contributed by atoms with Crippen molar-refractivity contribution in [3.05, 3.63) is 114 Å². The molecule has 3 aromatic carbocycles. The number of nitrogens with one attached hydrogen (secondary N) is 2. The lowest BCUT2D eigenvalue weighted by molar-refractivity contribution is 0.102. The molecule has 0 bridgehead atoms. The van der Waals surface area contributed by atoms with E-state index in [9.17, 15) is 13.2 Å². The molecule has 1 aliphatic heterocycles. The molecule has 6 rings (SSSR count). The predicted molar refractivity (Wildman–Crippen MR) is 157 cm³/mol. The summed E-state index contributed by atoms with van der Waals surface area (Å²) in [5.74, 6) is 1.50. The van der Waals surface area contributed by atoms with Crippen molar-refractivity contribution in [3.63, 3.8) is 0 Å². The molecule has 2 aromatic heterocycles. The fourth-order valence-corrected chi connectivity index (χ4v) is 6.05. The van der Waals surface area contributed by atoms with E-state index >= 15 is 0 Å². The van der Waals surface area contributed by atoms with Crippen molar-refractivity contribution in [1.29, 1.82) is 0 Å². The normalized spacial score (nSPS) is 15.0. The van der Waals surface area contributed by atoms with Crippen LogP contribution < -0.4 is 5.32 Å². The number of imidazole rings is 1. The number of aromatic amines is 1. The smallest absolute Gasteiger partial charge is 0.255 e. The van der Waals surface area contributed by atoms with Crippen LogP contribution in [0.3, 0.4) is 0 Å². The van der Waals surface area contributed by atoms with E-state index in [-0.39, 0.29) is 17.4 Å². The highest BCUT2D eigenvalue weighted by Crippen LogP contribution is 2.20. The number of rotatable bonds is 8. The molecule has 10 nitrogen and oxygen atoms in total. The fraction of sp³-hybridized carbons (Fsp3) is 0.200. The Morgan fingerprint density at radius 1 is 0.951 bits per heavy atom.